The molecule has 80 valence electrons. The number of rotatable bonds is 2. The normalized spacial score (nSPS) is 16.9. The topological polar surface area (TPSA) is 46.5 Å². The maximum atomic E-state index is 10.6. The highest BCUT2D eigenvalue weighted by molar-refractivity contribution is 8.00. The highest BCUT2D eigenvalue weighted by Crippen LogP contribution is 2.47. The summed E-state index contributed by atoms with van der Waals surface area (Å²) in [6.07, 6.45) is 0.0434. The Balaban J connectivity index is 2.26. The van der Waals surface area contributed by atoms with Gasteiger partial charge in [-0.3, -0.25) is 4.79 Å². The number of thioether (sulfide) groups is 1. The van der Waals surface area contributed by atoms with Crippen molar-refractivity contribution in [2.75, 3.05) is 0 Å². The van der Waals surface area contributed by atoms with Gasteiger partial charge in [-0.05, 0) is 31.5 Å². The molecule has 0 saturated carbocycles. The van der Waals surface area contributed by atoms with E-state index in [0.29, 0.717) is 0 Å². The molecular weight excluding hydrogens is 212 g/mol. The average molecular weight is 224 g/mol. The molecule has 1 aliphatic rings. The summed E-state index contributed by atoms with van der Waals surface area (Å²) in [5.41, 5.74) is 0.777. The van der Waals surface area contributed by atoms with Crippen LogP contribution in [0.2, 0.25) is 0 Å². The summed E-state index contributed by atoms with van der Waals surface area (Å²) in [7, 11) is 0. The lowest BCUT2D eigenvalue weighted by atomic mass is 10.1. The van der Waals surface area contributed by atoms with E-state index >= 15 is 0 Å². The number of fused-ring (bicyclic) bond motifs is 1. The average Bonchev–Trinajstić information content (AvgIpc) is 2.36. The summed E-state index contributed by atoms with van der Waals surface area (Å²) in [5, 5.41) is 8.67. The summed E-state index contributed by atoms with van der Waals surface area (Å²) >= 11 is 1.65. The van der Waals surface area contributed by atoms with Gasteiger partial charge < -0.3 is 9.84 Å². The molecule has 0 radical (unpaired) electrons. The van der Waals surface area contributed by atoms with Gasteiger partial charge in [0.15, 0.2) is 4.93 Å². The van der Waals surface area contributed by atoms with Gasteiger partial charge in [-0.1, -0.05) is 17.8 Å². The number of ether oxygens (including phenoxy) is 1. The minimum Gasteiger partial charge on any atom is -0.481 e. The van der Waals surface area contributed by atoms with Crippen LogP contribution in [0.5, 0.6) is 5.75 Å². The summed E-state index contributed by atoms with van der Waals surface area (Å²) in [6, 6.07) is 5.57. The number of carboxylic acid groups (broad SMARTS) is 1. The molecule has 0 amide bonds. The van der Waals surface area contributed by atoms with E-state index in [0.717, 1.165) is 16.2 Å². The Labute approximate surface area is 92.4 Å². The van der Waals surface area contributed by atoms with Crippen LogP contribution in [0, 0.1) is 0 Å². The number of carbonyl (C=O) groups is 1. The number of aliphatic carboxylic acids is 1. The summed E-state index contributed by atoms with van der Waals surface area (Å²) < 4.78 is 5.69. The first-order valence-electron chi connectivity index (χ1n) is 4.69. The van der Waals surface area contributed by atoms with Crippen LogP contribution in [0.25, 0.3) is 0 Å². The lowest BCUT2D eigenvalue weighted by Gasteiger charge is -2.15. The number of benzene rings is 1. The van der Waals surface area contributed by atoms with E-state index in [1.807, 2.05) is 32.0 Å². The van der Waals surface area contributed by atoms with Crippen molar-refractivity contribution in [2.24, 2.45) is 0 Å². The molecule has 0 atom stereocenters. The Hall–Kier alpha value is -1.16. The Bertz CT molecular complexity index is 412. The highest BCUT2D eigenvalue weighted by atomic mass is 32.2. The van der Waals surface area contributed by atoms with Crippen LogP contribution in [0.3, 0.4) is 0 Å². The van der Waals surface area contributed by atoms with E-state index in [1.165, 1.54) is 0 Å². The molecule has 3 nitrogen and oxygen atoms in total. The minimum absolute atomic E-state index is 0.0434. The van der Waals surface area contributed by atoms with Crippen molar-refractivity contribution in [1.29, 1.82) is 0 Å². The van der Waals surface area contributed by atoms with Gasteiger partial charge in [-0.25, -0.2) is 0 Å². The second-order valence-electron chi connectivity index (χ2n) is 3.96. The van der Waals surface area contributed by atoms with Crippen molar-refractivity contribution in [1.82, 2.24) is 0 Å². The van der Waals surface area contributed by atoms with Gasteiger partial charge in [-0.2, -0.15) is 0 Å². The first-order valence-corrected chi connectivity index (χ1v) is 5.51. The summed E-state index contributed by atoms with van der Waals surface area (Å²) in [4.78, 5) is 11.4. The van der Waals surface area contributed by atoms with Crippen molar-refractivity contribution < 1.29 is 14.6 Å². The van der Waals surface area contributed by atoms with Crippen LogP contribution >= 0.6 is 11.8 Å². The molecule has 0 saturated heterocycles. The molecule has 4 heteroatoms. The van der Waals surface area contributed by atoms with Crippen molar-refractivity contribution >= 4 is 17.7 Å². The molecule has 15 heavy (non-hydrogen) atoms. The van der Waals surface area contributed by atoms with E-state index in [2.05, 4.69) is 0 Å². The molecule has 1 heterocycles. The van der Waals surface area contributed by atoms with Crippen LogP contribution in [0.4, 0.5) is 0 Å². The SMILES string of the molecule is CC1(C)Oc2cc(CC(=O)O)ccc2S1. The molecule has 0 bridgehead atoms. The summed E-state index contributed by atoms with van der Waals surface area (Å²) in [6.45, 7) is 3.99. The highest BCUT2D eigenvalue weighted by Gasteiger charge is 2.30. The molecule has 1 aliphatic heterocycles. The molecule has 2 rings (SSSR count). The quantitative estimate of drug-likeness (QED) is 0.838. The molecule has 0 fully saturated rings. The minimum atomic E-state index is -0.820. The second-order valence-corrected chi connectivity index (χ2v) is 5.58. The van der Waals surface area contributed by atoms with Crippen molar-refractivity contribution in [3.63, 3.8) is 0 Å². The van der Waals surface area contributed by atoms with Crippen LogP contribution < -0.4 is 4.74 Å². The first-order chi connectivity index (χ1) is 6.96. The van der Waals surface area contributed by atoms with Gasteiger partial charge in [0, 0.05) is 0 Å². The maximum Gasteiger partial charge on any atom is 0.307 e. The molecular formula is C11H12O3S. The van der Waals surface area contributed by atoms with Crippen LogP contribution in [-0.2, 0) is 11.2 Å². The monoisotopic (exact) mass is 224 g/mol. The van der Waals surface area contributed by atoms with Crippen molar-refractivity contribution in [3.8, 4) is 5.75 Å². The van der Waals surface area contributed by atoms with Gasteiger partial charge in [-0.15, -0.1) is 0 Å². The third kappa shape index (κ3) is 2.26. The van der Waals surface area contributed by atoms with Crippen LogP contribution in [-0.4, -0.2) is 16.0 Å². The molecule has 0 spiro atoms. The lowest BCUT2D eigenvalue weighted by molar-refractivity contribution is -0.136. The Kier molecular flexibility index (Phi) is 2.38. The second kappa shape index (κ2) is 3.45. The fourth-order valence-corrected chi connectivity index (χ4v) is 2.55. The van der Waals surface area contributed by atoms with Gasteiger partial charge in [0.2, 0.25) is 0 Å². The molecule has 1 aromatic carbocycles. The molecule has 1 aromatic rings. The lowest BCUT2D eigenvalue weighted by Crippen LogP contribution is -2.18. The van der Waals surface area contributed by atoms with Crippen LogP contribution in [0.15, 0.2) is 23.1 Å². The zero-order valence-electron chi connectivity index (χ0n) is 8.61. The van der Waals surface area contributed by atoms with Gasteiger partial charge in [0.05, 0.1) is 11.3 Å². The zero-order chi connectivity index (χ0) is 11.1. The van der Waals surface area contributed by atoms with Gasteiger partial charge in [0.1, 0.15) is 5.75 Å². The third-order valence-corrected chi connectivity index (χ3v) is 3.21. The zero-order valence-corrected chi connectivity index (χ0v) is 9.43. The molecule has 1 N–H and O–H groups in total. The fourth-order valence-electron chi connectivity index (χ4n) is 1.55. The van der Waals surface area contributed by atoms with Gasteiger partial charge >= 0.3 is 5.97 Å². The van der Waals surface area contributed by atoms with Crippen molar-refractivity contribution in [2.45, 2.75) is 30.1 Å². The number of hydrogen-bond acceptors (Lipinski definition) is 3. The Morgan fingerprint density at radius 3 is 2.93 bits per heavy atom. The summed E-state index contributed by atoms with van der Waals surface area (Å²) in [5.74, 6) is -0.0244. The predicted octanol–water partition coefficient (Wildman–Crippen LogP) is 2.53. The van der Waals surface area contributed by atoms with E-state index in [-0.39, 0.29) is 11.4 Å². The smallest absolute Gasteiger partial charge is 0.307 e. The Morgan fingerprint density at radius 2 is 2.27 bits per heavy atom. The first kappa shape index (κ1) is 10.4. The fraction of sp³-hybridized carbons (Fsp3) is 0.364. The third-order valence-electron chi connectivity index (χ3n) is 2.07. The van der Waals surface area contributed by atoms with Crippen molar-refractivity contribution in [3.05, 3.63) is 23.8 Å². The number of hydrogen-bond donors (Lipinski definition) is 1. The maximum absolute atomic E-state index is 10.6. The molecule has 0 aliphatic carbocycles. The molecule has 0 aromatic heterocycles. The molecule has 0 unspecified atom stereocenters. The number of carboxylic acids is 1. The van der Waals surface area contributed by atoms with E-state index in [4.69, 9.17) is 9.84 Å². The van der Waals surface area contributed by atoms with E-state index in [1.54, 1.807) is 11.8 Å². The Morgan fingerprint density at radius 1 is 1.53 bits per heavy atom. The predicted molar refractivity (Wildman–Crippen MR) is 58.3 cm³/mol. The van der Waals surface area contributed by atoms with Gasteiger partial charge in [0.25, 0.3) is 0 Å². The van der Waals surface area contributed by atoms with E-state index in [9.17, 15) is 4.79 Å². The van der Waals surface area contributed by atoms with E-state index < -0.39 is 5.97 Å². The largest absolute Gasteiger partial charge is 0.481 e. The van der Waals surface area contributed by atoms with Crippen LogP contribution in [0.1, 0.15) is 19.4 Å². The standard InChI is InChI=1S/C11H12O3S/c1-11(2)14-8-5-7(6-10(12)13)3-4-9(8)15-11/h3-5H,6H2,1-2H3,(H,12,13).